The zero-order chi connectivity index (χ0) is 23.8. The van der Waals surface area contributed by atoms with Crippen LogP contribution < -0.4 is 4.90 Å². The number of hydrogen-bond acceptors (Lipinski definition) is 6. The van der Waals surface area contributed by atoms with Crippen LogP contribution in [0.25, 0.3) is 16.5 Å². The summed E-state index contributed by atoms with van der Waals surface area (Å²) in [6.45, 7) is 3.18. The van der Waals surface area contributed by atoms with E-state index in [1.165, 1.54) is 18.3 Å². The molecule has 2 aromatic heterocycles. The Morgan fingerprint density at radius 1 is 1.18 bits per heavy atom. The van der Waals surface area contributed by atoms with Gasteiger partial charge in [0.05, 0.1) is 21.9 Å². The van der Waals surface area contributed by atoms with Crippen molar-refractivity contribution in [3.63, 3.8) is 0 Å². The molecule has 0 N–H and O–H groups in total. The third-order valence-electron chi connectivity index (χ3n) is 6.35. The van der Waals surface area contributed by atoms with E-state index in [4.69, 9.17) is 11.6 Å². The first-order chi connectivity index (χ1) is 16.4. The molecule has 1 unspecified atom stereocenters. The van der Waals surface area contributed by atoms with Gasteiger partial charge in [-0.3, -0.25) is 24.5 Å². The molecule has 1 atom stereocenters. The van der Waals surface area contributed by atoms with Crippen LogP contribution in [0.2, 0.25) is 5.02 Å². The molecule has 174 valence electrons. The van der Waals surface area contributed by atoms with Gasteiger partial charge in [-0.2, -0.15) is 0 Å². The molecule has 0 spiro atoms. The molecule has 2 aliphatic rings. The van der Waals surface area contributed by atoms with Crippen LogP contribution in [0, 0.1) is 5.82 Å². The normalized spacial score (nSPS) is 18.9. The van der Waals surface area contributed by atoms with Crippen LogP contribution >= 0.6 is 11.6 Å². The summed E-state index contributed by atoms with van der Waals surface area (Å²) >= 11 is 5.89. The van der Waals surface area contributed by atoms with E-state index < -0.39 is 5.82 Å². The van der Waals surface area contributed by atoms with E-state index in [1.54, 1.807) is 29.1 Å². The van der Waals surface area contributed by atoms with Gasteiger partial charge in [0.15, 0.2) is 0 Å². The molecular formula is C24H22ClFN6O2. The van der Waals surface area contributed by atoms with Gasteiger partial charge in [-0.15, -0.1) is 0 Å². The van der Waals surface area contributed by atoms with E-state index in [1.807, 2.05) is 6.08 Å². The van der Waals surface area contributed by atoms with Gasteiger partial charge in [0.25, 0.3) is 0 Å². The molecule has 0 aliphatic carbocycles. The number of halogens is 2. The highest BCUT2D eigenvalue weighted by Crippen LogP contribution is 2.34. The van der Waals surface area contributed by atoms with Gasteiger partial charge in [-0.1, -0.05) is 17.7 Å². The maximum atomic E-state index is 13.7. The molecule has 0 bridgehead atoms. The number of anilines is 1. The Morgan fingerprint density at radius 2 is 2.00 bits per heavy atom. The van der Waals surface area contributed by atoms with Crippen molar-refractivity contribution >= 4 is 45.8 Å². The van der Waals surface area contributed by atoms with Crippen LogP contribution in [0.5, 0.6) is 0 Å². The van der Waals surface area contributed by atoms with E-state index in [2.05, 4.69) is 19.9 Å². The highest BCUT2D eigenvalue weighted by Gasteiger charge is 2.32. The molecule has 2 amide bonds. The predicted octanol–water partition coefficient (Wildman–Crippen LogP) is 3.76. The second-order valence-corrected chi connectivity index (χ2v) is 8.87. The Kier molecular flexibility index (Phi) is 5.95. The lowest BCUT2D eigenvalue weighted by molar-refractivity contribution is -0.128. The van der Waals surface area contributed by atoms with Crippen molar-refractivity contribution < 1.29 is 14.0 Å². The maximum absolute atomic E-state index is 13.7. The molecule has 10 heteroatoms. The van der Waals surface area contributed by atoms with Gasteiger partial charge < -0.3 is 4.90 Å². The Labute approximate surface area is 200 Å². The smallest absolute Gasteiger partial charge is 0.232 e. The first-order valence-corrected chi connectivity index (χ1v) is 11.5. The number of benzene rings is 1. The second-order valence-electron chi connectivity index (χ2n) is 8.46. The molecule has 1 saturated heterocycles. The first-order valence-electron chi connectivity index (χ1n) is 11.1. The number of piperidine rings is 1. The fourth-order valence-electron chi connectivity index (χ4n) is 4.49. The van der Waals surface area contributed by atoms with Crippen LogP contribution in [0.4, 0.5) is 10.3 Å². The summed E-state index contributed by atoms with van der Waals surface area (Å²) in [6, 6.07) is 2.71. The van der Waals surface area contributed by atoms with Crippen molar-refractivity contribution in [3.05, 3.63) is 59.0 Å². The Hall–Kier alpha value is -3.46. The van der Waals surface area contributed by atoms with Crippen molar-refractivity contribution in [1.82, 2.24) is 24.8 Å². The Bertz CT molecular complexity index is 1330. The minimum absolute atomic E-state index is 0.0270. The number of rotatable bonds is 3. The van der Waals surface area contributed by atoms with Crippen LogP contribution in [0.1, 0.15) is 43.5 Å². The molecule has 2 aliphatic heterocycles. The average Bonchev–Trinajstić information content (AvgIpc) is 2.84. The van der Waals surface area contributed by atoms with E-state index in [0.29, 0.717) is 43.4 Å². The van der Waals surface area contributed by atoms with Crippen LogP contribution in [-0.2, 0) is 9.59 Å². The number of nitrogens with zero attached hydrogens (tertiary/aromatic N) is 6. The quantitative estimate of drug-likeness (QED) is 0.566. The Balaban J connectivity index is 1.36. The molecule has 34 heavy (non-hydrogen) atoms. The predicted molar refractivity (Wildman–Crippen MR) is 126 cm³/mol. The lowest BCUT2D eigenvalue weighted by atomic mass is 9.89. The summed E-state index contributed by atoms with van der Waals surface area (Å²) in [4.78, 5) is 45.9. The molecule has 4 heterocycles. The molecule has 8 nitrogen and oxygen atoms in total. The topological polar surface area (TPSA) is 92.2 Å². The fourth-order valence-corrected chi connectivity index (χ4v) is 4.65. The molecule has 1 aromatic carbocycles. The van der Waals surface area contributed by atoms with Crippen molar-refractivity contribution in [2.24, 2.45) is 0 Å². The fraction of sp³-hybridized carbons (Fsp3) is 0.333. The zero-order valence-electron chi connectivity index (χ0n) is 18.5. The van der Waals surface area contributed by atoms with Crippen LogP contribution in [-0.4, -0.2) is 56.3 Å². The summed E-state index contributed by atoms with van der Waals surface area (Å²) in [5.74, 6) is -0.401. The summed E-state index contributed by atoms with van der Waals surface area (Å²) in [5, 5.41) is 0.488. The average molecular weight is 481 g/mol. The monoisotopic (exact) mass is 480 g/mol. The number of amides is 2. The second kappa shape index (κ2) is 9.06. The molecule has 3 aromatic rings. The van der Waals surface area contributed by atoms with Crippen LogP contribution in [0.3, 0.4) is 0 Å². The molecule has 1 fully saturated rings. The number of aromatic nitrogens is 4. The Morgan fingerprint density at radius 3 is 2.74 bits per heavy atom. The molecule has 0 saturated carbocycles. The lowest BCUT2D eigenvalue weighted by Gasteiger charge is -2.31. The van der Waals surface area contributed by atoms with E-state index in [-0.39, 0.29) is 35.1 Å². The van der Waals surface area contributed by atoms with Crippen molar-refractivity contribution in [2.45, 2.75) is 32.1 Å². The van der Waals surface area contributed by atoms with Crippen molar-refractivity contribution in [1.29, 1.82) is 0 Å². The molecule has 0 radical (unpaired) electrons. The van der Waals surface area contributed by atoms with Gasteiger partial charge in [-0.25, -0.2) is 14.4 Å². The highest BCUT2D eigenvalue weighted by atomic mass is 35.5. The standard InChI is InChI=1S/C24H22ClFN6O2/c1-14(33)31-7-2-15(3-8-31)22-23(28-6-5-27-22)16-4-9-32(21(34)11-16)24-29-13-17-10-19(26)18(25)12-20(17)30-24/h2,5-6,10,12-13,16H,3-4,7-9,11H2,1H3. The number of carbonyl (C=O) groups excluding carboxylic acids is 2. The maximum Gasteiger partial charge on any atom is 0.232 e. The summed E-state index contributed by atoms with van der Waals surface area (Å²) < 4.78 is 13.7. The van der Waals surface area contributed by atoms with Crippen molar-refractivity contribution in [2.75, 3.05) is 24.5 Å². The highest BCUT2D eigenvalue weighted by molar-refractivity contribution is 6.31. The lowest BCUT2D eigenvalue weighted by Crippen LogP contribution is -2.39. The molecule has 5 rings (SSSR count). The summed E-state index contributed by atoms with van der Waals surface area (Å²) in [5.41, 5.74) is 3.14. The number of carbonyl (C=O) groups is 2. The van der Waals surface area contributed by atoms with Gasteiger partial charge in [0.1, 0.15) is 5.82 Å². The zero-order valence-corrected chi connectivity index (χ0v) is 19.3. The minimum Gasteiger partial charge on any atom is -0.339 e. The number of hydrogen-bond donors (Lipinski definition) is 0. The van der Waals surface area contributed by atoms with Crippen LogP contribution in [0.15, 0.2) is 36.8 Å². The minimum atomic E-state index is -0.538. The summed E-state index contributed by atoms with van der Waals surface area (Å²) in [7, 11) is 0. The molecular weight excluding hydrogens is 459 g/mol. The van der Waals surface area contributed by atoms with Gasteiger partial charge in [0.2, 0.25) is 17.8 Å². The van der Waals surface area contributed by atoms with E-state index in [0.717, 1.165) is 17.0 Å². The van der Waals surface area contributed by atoms with Gasteiger partial charge in [0, 0.05) is 62.9 Å². The largest absolute Gasteiger partial charge is 0.339 e. The van der Waals surface area contributed by atoms with Gasteiger partial charge >= 0.3 is 0 Å². The third kappa shape index (κ3) is 4.23. The van der Waals surface area contributed by atoms with Gasteiger partial charge in [-0.05, 0) is 30.5 Å². The van der Waals surface area contributed by atoms with E-state index in [9.17, 15) is 14.0 Å². The first kappa shape index (κ1) is 22.3. The van der Waals surface area contributed by atoms with E-state index >= 15 is 0 Å². The number of fused-ring (bicyclic) bond motifs is 1. The van der Waals surface area contributed by atoms with Crippen molar-refractivity contribution in [3.8, 4) is 0 Å². The SMILES string of the molecule is CC(=O)N1CC=C(c2nccnc2C2CCN(c3ncc4cc(F)c(Cl)cc4n3)C(=O)C2)CC1. The summed E-state index contributed by atoms with van der Waals surface area (Å²) in [6.07, 6.45) is 8.45. The third-order valence-corrected chi connectivity index (χ3v) is 6.64.